The molecular formula is C12H19N3. The van der Waals surface area contributed by atoms with E-state index in [1.54, 1.807) is 18.4 Å². The minimum absolute atomic E-state index is 0.409. The fraction of sp³-hybridized carbons (Fsp3) is 0.417. The molecule has 1 atom stereocenters. The van der Waals surface area contributed by atoms with Gasteiger partial charge in [0.25, 0.3) is 0 Å². The molecule has 0 spiro atoms. The first-order valence-electron chi connectivity index (χ1n) is 5.21. The molecule has 3 heteroatoms. The van der Waals surface area contributed by atoms with E-state index in [-0.39, 0.29) is 0 Å². The molecule has 0 amide bonds. The van der Waals surface area contributed by atoms with E-state index in [0.29, 0.717) is 5.92 Å². The van der Waals surface area contributed by atoms with Crippen LogP contribution in [0, 0.1) is 5.92 Å². The van der Waals surface area contributed by atoms with Crippen molar-refractivity contribution < 1.29 is 0 Å². The highest BCUT2D eigenvalue weighted by molar-refractivity contribution is 5.53. The Kier molecular flexibility index (Phi) is 4.84. The van der Waals surface area contributed by atoms with E-state index in [4.69, 9.17) is 5.84 Å². The molecule has 0 aromatic carbocycles. The molecule has 1 unspecified atom stereocenters. The van der Waals surface area contributed by atoms with Gasteiger partial charge in [-0.1, -0.05) is 37.3 Å². The van der Waals surface area contributed by atoms with Gasteiger partial charge < -0.3 is 5.01 Å². The van der Waals surface area contributed by atoms with Gasteiger partial charge in [0.1, 0.15) is 0 Å². The maximum Gasteiger partial charge on any atom is 0.0987 e. The van der Waals surface area contributed by atoms with Crippen molar-refractivity contribution in [2.45, 2.75) is 13.3 Å². The molecule has 0 radical (unpaired) electrons. The van der Waals surface area contributed by atoms with Crippen LogP contribution in [0.2, 0.25) is 0 Å². The van der Waals surface area contributed by atoms with Crippen molar-refractivity contribution in [3.63, 3.8) is 0 Å². The minimum Gasteiger partial charge on any atom is -0.301 e. The molecule has 1 rings (SSSR count). The van der Waals surface area contributed by atoms with Crippen LogP contribution in [0.3, 0.4) is 0 Å². The Hall–Kier alpha value is -1.35. The van der Waals surface area contributed by atoms with Gasteiger partial charge in [-0.15, -0.1) is 0 Å². The lowest BCUT2D eigenvalue weighted by atomic mass is 10.0. The van der Waals surface area contributed by atoms with Gasteiger partial charge in [-0.2, -0.15) is 0 Å². The van der Waals surface area contributed by atoms with Crippen LogP contribution in [-0.2, 0) is 0 Å². The Morgan fingerprint density at radius 3 is 3.13 bits per heavy atom. The molecule has 0 heterocycles. The molecule has 1 aliphatic carbocycles. The molecule has 1 aliphatic rings. The van der Waals surface area contributed by atoms with E-state index in [9.17, 15) is 0 Å². The maximum atomic E-state index is 5.75. The van der Waals surface area contributed by atoms with Gasteiger partial charge in [0.05, 0.1) is 6.34 Å². The zero-order valence-electron chi connectivity index (χ0n) is 9.43. The largest absolute Gasteiger partial charge is 0.301 e. The monoisotopic (exact) mass is 205 g/mol. The summed E-state index contributed by atoms with van der Waals surface area (Å²) in [6.07, 6.45) is 13.4. The summed E-state index contributed by atoms with van der Waals surface area (Å²) in [5.41, 5.74) is 1.31. The molecule has 15 heavy (non-hydrogen) atoms. The summed E-state index contributed by atoms with van der Waals surface area (Å²) in [7, 11) is 1.72. The van der Waals surface area contributed by atoms with Crippen molar-refractivity contribution in [3.8, 4) is 0 Å². The number of aliphatic imine (C=N–C) groups is 1. The highest BCUT2D eigenvalue weighted by atomic mass is 15.4. The first-order chi connectivity index (χ1) is 7.24. The van der Waals surface area contributed by atoms with Crippen LogP contribution >= 0.6 is 0 Å². The third-order valence-electron chi connectivity index (χ3n) is 2.32. The van der Waals surface area contributed by atoms with Crippen molar-refractivity contribution in [1.82, 2.24) is 5.01 Å². The fourth-order valence-electron chi connectivity index (χ4n) is 1.54. The zero-order chi connectivity index (χ0) is 11.1. The normalized spacial score (nSPS) is 17.7. The fourth-order valence-corrected chi connectivity index (χ4v) is 1.54. The molecule has 0 aliphatic heterocycles. The summed E-state index contributed by atoms with van der Waals surface area (Å²) in [6, 6.07) is 0. The van der Waals surface area contributed by atoms with E-state index < -0.39 is 0 Å². The van der Waals surface area contributed by atoms with Gasteiger partial charge in [-0.3, -0.25) is 4.99 Å². The van der Waals surface area contributed by atoms with Crippen molar-refractivity contribution in [1.29, 1.82) is 0 Å². The van der Waals surface area contributed by atoms with E-state index in [2.05, 4.69) is 42.3 Å². The number of hydrazine groups is 1. The van der Waals surface area contributed by atoms with Crippen molar-refractivity contribution in [2.75, 3.05) is 13.6 Å². The van der Waals surface area contributed by atoms with Crippen molar-refractivity contribution in [2.24, 2.45) is 16.8 Å². The van der Waals surface area contributed by atoms with Crippen molar-refractivity contribution in [3.05, 3.63) is 36.0 Å². The zero-order valence-corrected chi connectivity index (χ0v) is 9.43. The number of nitrogens with two attached hydrogens (primary N) is 1. The van der Waals surface area contributed by atoms with Crippen LogP contribution in [-0.4, -0.2) is 24.9 Å². The summed E-state index contributed by atoms with van der Waals surface area (Å²) < 4.78 is 0. The SMILES string of the molecule is CN=CN(N)CC(C)C1=CC=CCC=C1. The predicted octanol–water partition coefficient (Wildman–Crippen LogP) is 1.90. The molecule has 2 N–H and O–H groups in total. The van der Waals surface area contributed by atoms with Gasteiger partial charge in [0.15, 0.2) is 0 Å². The molecule has 0 fully saturated rings. The second-order valence-electron chi connectivity index (χ2n) is 3.70. The van der Waals surface area contributed by atoms with Gasteiger partial charge in [0, 0.05) is 19.5 Å². The number of rotatable bonds is 4. The Morgan fingerprint density at radius 1 is 1.60 bits per heavy atom. The van der Waals surface area contributed by atoms with E-state index >= 15 is 0 Å². The number of nitrogens with zero attached hydrogens (tertiary/aromatic N) is 2. The molecule has 3 nitrogen and oxygen atoms in total. The van der Waals surface area contributed by atoms with E-state index in [0.717, 1.165) is 13.0 Å². The summed E-state index contributed by atoms with van der Waals surface area (Å²) in [4.78, 5) is 3.88. The number of hydrogen-bond acceptors (Lipinski definition) is 2. The van der Waals surface area contributed by atoms with Gasteiger partial charge in [-0.05, 0) is 12.0 Å². The minimum atomic E-state index is 0.409. The lowest BCUT2D eigenvalue weighted by Gasteiger charge is -2.19. The Labute approximate surface area is 91.6 Å². The van der Waals surface area contributed by atoms with E-state index in [1.807, 2.05) is 0 Å². The topological polar surface area (TPSA) is 41.6 Å². The average Bonchev–Trinajstić information content (AvgIpc) is 2.45. The second kappa shape index (κ2) is 6.19. The standard InChI is InChI=1S/C12H19N3/c1-11(9-15(13)10-14-2)12-7-5-3-4-6-8-12/h3,5-8,10-11H,4,9,13H2,1-2H3. The molecule has 0 saturated carbocycles. The van der Waals surface area contributed by atoms with E-state index in [1.165, 1.54) is 5.57 Å². The summed E-state index contributed by atoms with van der Waals surface area (Å²) in [6.45, 7) is 2.94. The van der Waals surface area contributed by atoms with Crippen molar-refractivity contribution >= 4 is 6.34 Å². The third kappa shape index (κ3) is 4.13. The number of hydrogen-bond donors (Lipinski definition) is 1. The van der Waals surface area contributed by atoms with Crippen LogP contribution in [0.15, 0.2) is 40.9 Å². The van der Waals surface area contributed by atoms with Crippen LogP contribution in [0.1, 0.15) is 13.3 Å². The first kappa shape index (κ1) is 11.7. The second-order valence-corrected chi connectivity index (χ2v) is 3.70. The quantitative estimate of drug-likeness (QED) is 0.329. The molecule has 0 aromatic rings. The smallest absolute Gasteiger partial charge is 0.0987 e. The Bertz CT molecular complexity index is 300. The molecule has 0 saturated heterocycles. The number of allylic oxidation sites excluding steroid dienone is 5. The van der Waals surface area contributed by atoms with Gasteiger partial charge >= 0.3 is 0 Å². The van der Waals surface area contributed by atoms with Gasteiger partial charge in [-0.25, -0.2) is 5.84 Å². The van der Waals surface area contributed by atoms with Gasteiger partial charge in [0.2, 0.25) is 0 Å². The summed E-state index contributed by atoms with van der Waals surface area (Å²) >= 11 is 0. The summed E-state index contributed by atoms with van der Waals surface area (Å²) in [5.74, 6) is 6.15. The molecular weight excluding hydrogens is 186 g/mol. The van der Waals surface area contributed by atoms with Crippen LogP contribution in [0.4, 0.5) is 0 Å². The third-order valence-corrected chi connectivity index (χ3v) is 2.32. The lowest BCUT2D eigenvalue weighted by molar-refractivity contribution is 0.402. The summed E-state index contributed by atoms with van der Waals surface area (Å²) in [5, 5.41) is 1.62. The molecule has 0 aromatic heterocycles. The Balaban J connectivity index is 2.56. The Morgan fingerprint density at radius 2 is 2.40 bits per heavy atom. The predicted molar refractivity (Wildman–Crippen MR) is 65.5 cm³/mol. The maximum absolute atomic E-state index is 5.75. The first-order valence-corrected chi connectivity index (χ1v) is 5.21. The van der Waals surface area contributed by atoms with Crippen LogP contribution in [0.25, 0.3) is 0 Å². The highest BCUT2D eigenvalue weighted by Gasteiger charge is 2.08. The average molecular weight is 205 g/mol. The molecule has 0 bridgehead atoms. The highest BCUT2D eigenvalue weighted by Crippen LogP contribution is 2.15. The van der Waals surface area contributed by atoms with Crippen LogP contribution < -0.4 is 5.84 Å². The van der Waals surface area contributed by atoms with Crippen LogP contribution in [0.5, 0.6) is 0 Å². The molecule has 82 valence electrons. The lowest BCUT2D eigenvalue weighted by Crippen LogP contribution is -2.34.